The highest BCUT2D eigenvalue weighted by atomic mass is 35.5. The van der Waals surface area contributed by atoms with Crippen molar-refractivity contribution in [3.05, 3.63) is 113 Å². The molecule has 1 spiro atoms. The number of aromatic nitrogens is 4. The molecular formula is C27H17ClN4O. The van der Waals surface area contributed by atoms with E-state index in [1.54, 1.807) is 6.26 Å². The second kappa shape index (κ2) is 6.53. The third-order valence-corrected chi connectivity index (χ3v) is 6.76. The van der Waals surface area contributed by atoms with Gasteiger partial charge in [0, 0.05) is 10.6 Å². The molecule has 2 aromatic heterocycles. The lowest BCUT2D eigenvalue weighted by Crippen LogP contribution is -2.31. The molecule has 6 heteroatoms. The first kappa shape index (κ1) is 18.6. The summed E-state index contributed by atoms with van der Waals surface area (Å²) >= 11 is 6.17. The van der Waals surface area contributed by atoms with Crippen molar-refractivity contribution in [2.24, 2.45) is 0 Å². The first-order valence-corrected chi connectivity index (χ1v) is 11.1. The average molecular weight is 449 g/mol. The summed E-state index contributed by atoms with van der Waals surface area (Å²) in [5.74, 6) is 0.741. The molecule has 5 nitrogen and oxygen atoms in total. The number of benzene rings is 3. The number of para-hydroxylation sites is 2. The summed E-state index contributed by atoms with van der Waals surface area (Å²) < 4.78 is 8.00. The first-order chi connectivity index (χ1) is 16.2. The van der Waals surface area contributed by atoms with Crippen LogP contribution in [0.1, 0.15) is 22.6 Å². The molecule has 158 valence electrons. The Bertz CT molecular complexity index is 1620. The van der Waals surface area contributed by atoms with E-state index in [1.165, 1.54) is 0 Å². The predicted molar refractivity (Wildman–Crippen MR) is 128 cm³/mol. The van der Waals surface area contributed by atoms with Gasteiger partial charge >= 0.3 is 0 Å². The maximum atomic E-state index is 6.17. The zero-order chi connectivity index (χ0) is 22.2. The number of allylic oxidation sites excluding steroid dienone is 1. The largest absolute Gasteiger partial charge is 0.461 e. The van der Waals surface area contributed by atoms with Crippen molar-refractivity contribution in [1.29, 1.82) is 0 Å². The molecule has 0 saturated carbocycles. The van der Waals surface area contributed by atoms with Crippen LogP contribution in [0.25, 0.3) is 28.0 Å². The van der Waals surface area contributed by atoms with Gasteiger partial charge in [-0.05, 0) is 55.0 Å². The molecule has 1 atom stereocenters. The van der Waals surface area contributed by atoms with Crippen molar-refractivity contribution >= 4 is 22.6 Å². The van der Waals surface area contributed by atoms with Crippen molar-refractivity contribution in [2.45, 2.75) is 12.3 Å². The van der Waals surface area contributed by atoms with Gasteiger partial charge in [0.15, 0.2) is 5.75 Å². The number of aryl methyl sites for hydroxylation is 1. The number of halogens is 1. The molecule has 0 radical (unpaired) electrons. The van der Waals surface area contributed by atoms with Crippen LogP contribution in [0.3, 0.4) is 0 Å². The van der Waals surface area contributed by atoms with Crippen molar-refractivity contribution in [3.8, 4) is 22.7 Å². The van der Waals surface area contributed by atoms with Gasteiger partial charge in [0.25, 0.3) is 0 Å². The summed E-state index contributed by atoms with van der Waals surface area (Å²) in [5, 5.41) is 5.56. The average Bonchev–Trinajstić information content (AvgIpc) is 3.33. The number of hydrogen-bond donors (Lipinski definition) is 0. The van der Waals surface area contributed by atoms with Gasteiger partial charge in [-0.1, -0.05) is 48.0 Å². The van der Waals surface area contributed by atoms with Gasteiger partial charge in [0.1, 0.15) is 16.8 Å². The highest BCUT2D eigenvalue weighted by Crippen LogP contribution is 2.56. The molecule has 0 saturated heterocycles. The van der Waals surface area contributed by atoms with Gasteiger partial charge in [-0.25, -0.2) is 14.6 Å². The fourth-order valence-electron chi connectivity index (χ4n) is 5.08. The third-order valence-electron chi connectivity index (χ3n) is 6.51. The summed E-state index contributed by atoms with van der Waals surface area (Å²) in [6.07, 6.45) is 3.84. The quantitative estimate of drug-likeness (QED) is 0.315. The zero-order valence-electron chi connectivity index (χ0n) is 17.7. The van der Waals surface area contributed by atoms with Crippen LogP contribution in [0, 0.1) is 6.92 Å². The molecule has 0 N–H and O–H groups in total. The number of nitrogens with zero attached hydrogens (tertiary/aromatic N) is 4. The lowest BCUT2D eigenvalue weighted by atomic mass is 9.76. The lowest BCUT2D eigenvalue weighted by molar-refractivity contribution is 0.437. The molecule has 5 aromatic rings. The molecule has 3 heterocycles. The summed E-state index contributed by atoms with van der Waals surface area (Å²) in [5.41, 5.74) is 7.65. The molecule has 7 rings (SSSR count). The van der Waals surface area contributed by atoms with E-state index in [0.29, 0.717) is 5.02 Å². The van der Waals surface area contributed by atoms with Crippen molar-refractivity contribution < 1.29 is 4.74 Å². The SMILES string of the molecule is Cc1nn(-c2ccc(Cl)cc2)c2c1OC=CC21c2ccccc2-c2nc3ccccc3nc21. The van der Waals surface area contributed by atoms with Crippen LogP contribution in [0.15, 0.2) is 85.1 Å². The van der Waals surface area contributed by atoms with E-state index in [-0.39, 0.29) is 0 Å². The van der Waals surface area contributed by atoms with E-state index in [0.717, 1.165) is 56.4 Å². The van der Waals surface area contributed by atoms with E-state index < -0.39 is 5.41 Å². The highest BCUT2D eigenvalue weighted by Gasteiger charge is 2.51. The summed E-state index contributed by atoms with van der Waals surface area (Å²) in [7, 11) is 0. The van der Waals surface area contributed by atoms with Gasteiger partial charge in [-0.2, -0.15) is 5.10 Å². The minimum absolute atomic E-state index is 0.677. The maximum Gasteiger partial charge on any atom is 0.172 e. The molecule has 0 fully saturated rings. The topological polar surface area (TPSA) is 52.8 Å². The van der Waals surface area contributed by atoms with Crippen LogP contribution in [-0.4, -0.2) is 19.7 Å². The molecule has 0 bridgehead atoms. The standard InChI is InChI=1S/C27H17ClN4O/c1-16-24-26(32(31-16)18-12-10-17(28)11-13-18)27(14-15-33-24)20-7-3-2-6-19(20)23-25(27)30-22-9-5-4-8-21(22)29-23/h2-15H,1H3. The van der Waals surface area contributed by atoms with Crippen molar-refractivity contribution in [1.82, 2.24) is 19.7 Å². The Morgan fingerprint density at radius 1 is 0.879 bits per heavy atom. The monoisotopic (exact) mass is 448 g/mol. The van der Waals surface area contributed by atoms with Crippen LogP contribution in [0.4, 0.5) is 0 Å². The van der Waals surface area contributed by atoms with E-state index >= 15 is 0 Å². The second-order valence-electron chi connectivity index (χ2n) is 8.34. The summed E-state index contributed by atoms with van der Waals surface area (Å²) in [4.78, 5) is 10.2. The van der Waals surface area contributed by atoms with Crippen molar-refractivity contribution in [2.75, 3.05) is 0 Å². The van der Waals surface area contributed by atoms with Crippen LogP contribution in [-0.2, 0) is 5.41 Å². The third kappa shape index (κ3) is 2.40. The van der Waals surface area contributed by atoms with Crippen LogP contribution < -0.4 is 4.74 Å². The second-order valence-corrected chi connectivity index (χ2v) is 8.77. The van der Waals surface area contributed by atoms with Gasteiger partial charge < -0.3 is 4.74 Å². The van der Waals surface area contributed by atoms with E-state index in [2.05, 4.69) is 24.3 Å². The molecule has 1 aliphatic heterocycles. The summed E-state index contributed by atoms with van der Waals surface area (Å²) in [6, 6.07) is 24.0. The van der Waals surface area contributed by atoms with Gasteiger partial charge in [-0.3, -0.25) is 0 Å². The number of ether oxygens (including phenoxy) is 1. The molecule has 33 heavy (non-hydrogen) atoms. The Kier molecular flexibility index (Phi) is 3.68. The number of hydrogen-bond acceptors (Lipinski definition) is 4. The fraction of sp³-hybridized carbons (Fsp3) is 0.0741. The van der Waals surface area contributed by atoms with Gasteiger partial charge in [0.2, 0.25) is 0 Å². The van der Waals surface area contributed by atoms with E-state index in [1.807, 2.05) is 66.2 Å². The lowest BCUT2D eigenvalue weighted by Gasteiger charge is -2.31. The Morgan fingerprint density at radius 2 is 1.61 bits per heavy atom. The Morgan fingerprint density at radius 3 is 2.42 bits per heavy atom. The van der Waals surface area contributed by atoms with Gasteiger partial charge in [0.05, 0.1) is 34.4 Å². The highest BCUT2D eigenvalue weighted by molar-refractivity contribution is 6.30. The molecule has 3 aromatic carbocycles. The van der Waals surface area contributed by atoms with Crippen molar-refractivity contribution in [3.63, 3.8) is 0 Å². The molecule has 1 aliphatic carbocycles. The molecule has 0 amide bonds. The van der Waals surface area contributed by atoms with Crippen LogP contribution >= 0.6 is 11.6 Å². The maximum absolute atomic E-state index is 6.17. The zero-order valence-corrected chi connectivity index (χ0v) is 18.4. The Balaban J connectivity index is 1.62. The fourth-order valence-corrected chi connectivity index (χ4v) is 5.21. The predicted octanol–water partition coefficient (Wildman–Crippen LogP) is 6.00. The number of fused-ring (bicyclic) bond motifs is 8. The molecule has 1 unspecified atom stereocenters. The normalized spacial score (nSPS) is 17.6. The van der Waals surface area contributed by atoms with E-state index in [9.17, 15) is 0 Å². The smallest absolute Gasteiger partial charge is 0.172 e. The number of rotatable bonds is 1. The summed E-state index contributed by atoms with van der Waals surface area (Å²) in [6.45, 7) is 1.96. The van der Waals surface area contributed by atoms with E-state index in [4.69, 9.17) is 31.4 Å². The molecule has 2 aliphatic rings. The minimum Gasteiger partial charge on any atom is -0.461 e. The Hall–Kier alpha value is -3.96. The van der Waals surface area contributed by atoms with Crippen LogP contribution in [0.2, 0.25) is 5.02 Å². The van der Waals surface area contributed by atoms with Gasteiger partial charge in [-0.15, -0.1) is 0 Å². The minimum atomic E-state index is -0.683. The Labute approximate surface area is 195 Å². The van der Waals surface area contributed by atoms with Crippen LogP contribution in [0.5, 0.6) is 5.75 Å². The molecular weight excluding hydrogens is 432 g/mol. The first-order valence-electron chi connectivity index (χ1n) is 10.7.